The van der Waals surface area contributed by atoms with Gasteiger partial charge in [-0.05, 0) is 90.8 Å². The summed E-state index contributed by atoms with van der Waals surface area (Å²) in [6.45, 7) is 0.0769. The molecule has 0 radical (unpaired) electrons. The number of nitrogens with two attached hydrogens (primary N) is 4. The maximum atomic E-state index is 13.9. The maximum absolute atomic E-state index is 13.9. The number of carboxylic acid groups (broad SMARTS) is 2. The minimum atomic E-state index is -1.71. The molecule has 0 unspecified atom stereocenters. The Bertz CT molecular complexity index is 1510. The number of carboxylic acids is 2. The van der Waals surface area contributed by atoms with Gasteiger partial charge in [0.15, 0.2) is 0 Å². The van der Waals surface area contributed by atoms with E-state index in [9.17, 15) is 68.7 Å². The maximum Gasteiger partial charge on any atom is 0.328 e. The van der Waals surface area contributed by atoms with E-state index in [2.05, 4.69) is 31.9 Å². The Hall–Kier alpha value is -5.05. The molecule has 0 spiro atoms. The summed E-state index contributed by atoms with van der Waals surface area (Å²) in [6, 6.07) is -11.8. The van der Waals surface area contributed by atoms with Crippen molar-refractivity contribution in [3.63, 3.8) is 0 Å². The van der Waals surface area contributed by atoms with Gasteiger partial charge in [0, 0.05) is 6.54 Å². The molecule has 1 saturated heterocycles. The zero-order valence-corrected chi connectivity index (χ0v) is 35.1. The topological polar surface area (TPSA) is 434 Å². The fourth-order valence-corrected chi connectivity index (χ4v) is 6.41. The van der Waals surface area contributed by atoms with Gasteiger partial charge in [-0.15, -0.1) is 0 Å². The smallest absolute Gasteiger partial charge is 0.328 e. The molecule has 9 atom stereocenters. The molecule has 19 N–H and O–H groups in total. The standard InChI is InChI=1S/C37H67N11O14/c1-20(51)29(47-33(57)24(17-28(52)53)44-30(54)21(41)9-2-5-13-38)36(60)48-16-8-12-27(48)35(59)43-23(11-4-7-15-40)31(55)45-25(18-49)34(58)42-22(10-3-6-14-39)32(56)46-26(19-50)37(61)62/h20-27,29,49-51H,2-19,38-41H2,1H3,(H,42,58)(H,43,59)(H,44,54)(H,45,55)(H,46,56)(H,47,57)(H,52,53)(H,61,62)/t20-,21+,22+,23+,24+,25+,26+,27+,29+/m1/s1. The van der Waals surface area contributed by atoms with Crippen molar-refractivity contribution in [3.05, 3.63) is 0 Å². The molecule has 0 aliphatic carbocycles. The normalized spacial score (nSPS) is 17.5. The Balaban J connectivity index is 3.22. The lowest BCUT2D eigenvalue weighted by molar-refractivity contribution is -0.145. The van der Waals surface area contributed by atoms with Crippen LogP contribution in [-0.4, -0.2) is 178 Å². The van der Waals surface area contributed by atoms with Crippen LogP contribution in [-0.2, 0) is 43.2 Å². The average Bonchev–Trinajstić information content (AvgIpc) is 3.72. The zero-order chi connectivity index (χ0) is 46.9. The van der Waals surface area contributed by atoms with Gasteiger partial charge in [0.2, 0.25) is 41.4 Å². The highest BCUT2D eigenvalue weighted by Gasteiger charge is 2.41. The number of unbranched alkanes of at least 4 members (excludes halogenated alkanes) is 3. The van der Waals surface area contributed by atoms with Gasteiger partial charge >= 0.3 is 11.9 Å². The molecule has 1 fully saturated rings. The van der Waals surface area contributed by atoms with Gasteiger partial charge in [-0.2, -0.15) is 0 Å². The van der Waals surface area contributed by atoms with E-state index in [1.54, 1.807) is 0 Å². The number of aliphatic hydroxyl groups excluding tert-OH is 3. The second-order valence-electron chi connectivity index (χ2n) is 15.0. The van der Waals surface area contributed by atoms with Crippen LogP contribution in [0.1, 0.15) is 84.0 Å². The second-order valence-corrected chi connectivity index (χ2v) is 15.0. The first kappa shape index (κ1) is 55.0. The molecule has 0 aromatic heterocycles. The van der Waals surface area contributed by atoms with Crippen LogP contribution < -0.4 is 54.8 Å². The van der Waals surface area contributed by atoms with Crippen LogP contribution in [0, 0.1) is 0 Å². The summed E-state index contributed by atoms with van der Waals surface area (Å²) in [7, 11) is 0. The van der Waals surface area contributed by atoms with Crippen molar-refractivity contribution in [2.75, 3.05) is 39.4 Å². The number of likely N-dealkylation sites (tertiary alicyclic amines) is 1. The van der Waals surface area contributed by atoms with Crippen LogP contribution >= 0.6 is 0 Å². The summed E-state index contributed by atoms with van der Waals surface area (Å²) < 4.78 is 0. The molecule has 25 heteroatoms. The van der Waals surface area contributed by atoms with Gasteiger partial charge in [-0.1, -0.05) is 6.42 Å². The van der Waals surface area contributed by atoms with E-state index < -0.39 is 127 Å². The summed E-state index contributed by atoms with van der Waals surface area (Å²) in [5.41, 5.74) is 22.5. The fraction of sp³-hybridized carbons (Fsp3) is 0.757. The number of amides is 7. The highest BCUT2D eigenvalue weighted by atomic mass is 16.4. The van der Waals surface area contributed by atoms with Gasteiger partial charge in [0.1, 0.15) is 42.3 Å². The average molecular weight is 890 g/mol. The largest absolute Gasteiger partial charge is 0.481 e. The van der Waals surface area contributed by atoms with Crippen molar-refractivity contribution in [3.8, 4) is 0 Å². The SMILES string of the molecule is C[C@@H](O)[C@H](NC(=O)[C@H](CC(=O)O)NC(=O)[C@@H](N)CCCCN)C(=O)N1CCC[C@H]1C(=O)N[C@@H](CCCCN)C(=O)N[C@@H](CO)C(=O)N[C@@H](CCCCN)C(=O)N[C@@H](CO)C(=O)O. The summed E-state index contributed by atoms with van der Waals surface area (Å²) >= 11 is 0. The molecule has 0 saturated carbocycles. The van der Waals surface area contributed by atoms with Gasteiger partial charge in [0.25, 0.3) is 0 Å². The van der Waals surface area contributed by atoms with E-state index in [-0.39, 0.29) is 51.7 Å². The van der Waals surface area contributed by atoms with Crippen molar-refractivity contribution in [1.29, 1.82) is 0 Å². The molecule has 7 amide bonds. The number of nitrogens with one attached hydrogen (secondary N) is 6. The first-order valence-electron chi connectivity index (χ1n) is 20.7. The van der Waals surface area contributed by atoms with E-state index >= 15 is 0 Å². The van der Waals surface area contributed by atoms with Gasteiger partial charge in [0.05, 0.1) is 31.8 Å². The fourth-order valence-electron chi connectivity index (χ4n) is 6.41. The number of aliphatic carboxylic acids is 2. The van der Waals surface area contributed by atoms with E-state index in [1.807, 2.05) is 0 Å². The van der Waals surface area contributed by atoms with E-state index in [4.69, 9.17) is 22.9 Å². The van der Waals surface area contributed by atoms with Gasteiger partial charge in [-0.25, -0.2) is 4.79 Å². The van der Waals surface area contributed by atoms with Crippen LogP contribution in [0.15, 0.2) is 0 Å². The number of hydrogen-bond donors (Lipinski definition) is 15. The monoisotopic (exact) mass is 889 g/mol. The lowest BCUT2D eigenvalue weighted by atomic mass is 10.1. The van der Waals surface area contributed by atoms with Crippen molar-refractivity contribution in [2.45, 2.75) is 138 Å². The summed E-state index contributed by atoms with van der Waals surface area (Å²) in [5, 5.41) is 62.6. The molecule has 62 heavy (non-hydrogen) atoms. The number of rotatable bonds is 31. The predicted molar refractivity (Wildman–Crippen MR) is 219 cm³/mol. The Morgan fingerprint density at radius 3 is 1.55 bits per heavy atom. The Kier molecular flexibility index (Phi) is 26.0. The van der Waals surface area contributed by atoms with Gasteiger partial charge in [-0.3, -0.25) is 38.4 Å². The molecule has 1 aliphatic heterocycles. The molecule has 1 rings (SSSR count). The van der Waals surface area contributed by atoms with Gasteiger partial charge < -0.3 is 85.3 Å². The van der Waals surface area contributed by atoms with Crippen LogP contribution in [0.25, 0.3) is 0 Å². The summed E-state index contributed by atoms with van der Waals surface area (Å²) in [4.78, 5) is 118. The first-order chi connectivity index (χ1) is 29.4. The molecule has 354 valence electrons. The first-order valence-corrected chi connectivity index (χ1v) is 20.7. The van der Waals surface area contributed by atoms with Crippen LogP contribution in [0.2, 0.25) is 0 Å². The summed E-state index contributed by atoms with van der Waals surface area (Å²) in [6.07, 6.45) is 0.612. The van der Waals surface area contributed by atoms with Crippen LogP contribution in [0.4, 0.5) is 0 Å². The van der Waals surface area contributed by atoms with Crippen molar-refractivity contribution in [2.24, 2.45) is 22.9 Å². The number of hydrogen-bond acceptors (Lipinski definition) is 16. The van der Waals surface area contributed by atoms with E-state index in [0.717, 1.165) is 4.90 Å². The molecule has 0 aromatic carbocycles. The second kappa shape index (κ2) is 29.3. The number of carbonyl (C=O) groups excluding carboxylic acids is 7. The molecular weight excluding hydrogens is 822 g/mol. The molecule has 1 heterocycles. The quantitative estimate of drug-likeness (QED) is 0.0288. The molecule has 25 nitrogen and oxygen atoms in total. The summed E-state index contributed by atoms with van der Waals surface area (Å²) in [5.74, 6) is -9.62. The predicted octanol–water partition coefficient (Wildman–Crippen LogP) is -6.47. The van der Waals surface area contributed by atoms with Crippen LogP contribution in [0.3, 0.4) is 0 Å². The number of nitrogens with zero attached hydrogens (tertiary/aromatic N) is 1. The Morgan fingerprint density at radius 1 is 0.613 bits per heavy atom. The number of aliphatic hydroxyl groups is 3. The third kappa shape index (κ3) is 18.9. The molecule has 0 aromatic rings. The molecular formula is C37H67N11O14. The Labute approximate surface area is 359 Å². The third-order valence-corrected chi connectivity index (χ3v) is 9.98. The molecule has 0 bridgehead atoms. The number of carbonyl (C=O) groups is 9. The lowest BCUT2D eigenvalue weighted by Crippen LogP contribution is -2.61. The van der Waals surface area contributed by atoms with Crippen LogP contribution in [0.5, 0.6) is 0 Å². The van der Waals surface area contributed by atoms with Crippen molar-refractivity contribution >= 4 is 53.3 Å². The third-order valence-electron chi connectivity index (χ3n) is 9.98. The molecule has 1 aliphatic rings. The zero-order valence-electron chi connectivity index (χ0n) is 35.1. The van der Waals surface area contributed by atoms with Crippen molar-refractivity contribution in [1.82, 2.24) is 36.8 Å². The Morgan fingerprint density at radius 2 is 1.06 bits per heavy atom. The minimum absolute atomic E-state index is 0.0171. The van der Waals surface area contributed by atoms with Crippen molar-refractivity contribution < 1.29 is 68.7 Å². The lowest BCUT2D eigenvalue weighted by Gasteiger charge is -2.32. The van der Waals surface area contributed by atoms with E-state index in [1.165, 1.54) is 6.92 Å². The highest BCUT2D eigenvalue weighted by molar-refractivity contribution is 5.98. The minimum Gasteiger partial charge on any atom is -0.481 e. The highest BCUT2D eigenvalue weighted by Crippen LogP contribution is 2.20. The van der Waals surface area contributed by atoms with E-state index in [0.29, 0.717) is 45.1 Å².